The summed E-state index contributed by atoms with van der Waals surface area (Å²) in [4.78, 5) is 37.1. The minimum atomic E-state index is -1.26. The van der Waals surface area contributed by atoms with Crippen LogP contribution in [0.3, 0.4) is 0 Å². The Kier molecular flexibility index (Phi) is 3.79. The van der Waals surface area contributed by atoms with Gasteiger partial charge in [-0.15, -0.1) is 0 Å². The lowest BCUT2D eigenvalue weighted by molar-refractivity contribution is -0.222. The molecule has 2 heterocycles. The van der Waals surface area contributed by atoms with E-state index >= 15 is 0 Å². The lowest BCUT2D eigenvalue weighted by Gasteiger charge is -2.29. The third kappa shape index (κ3) is 3.10. The maximum Gasteiger partial charge on any atom is 0.350 e. The van der Waals surface area contributed by atoms with E-state index in [0.717, 1.165) is 11.1 Å². The standard InChI is InChI=1S/C17H18N2O5/c1-17(2)23-15(21)13(16(22)24-17)8-18-12-5-4-10-7-14(20)19(3)9-11(10)6-12/h4-6,8,18H,7,9H2,1-3H3. The predicted molar refractivity (Wildman–Crippen MR) is 84.6 cm³/mol. The highest BCUT2D eigenvalue weighted by molar-refractivity contribution is 6.15. The summed E-state index contributed by atoms with van der Waals surface area (Å²) in [5.41, 5.74) is 2.51. The maximum atomic E-state index is 11.9. The molecule has 1 fully saturated rings. The summed E-state index contributed by atoms with van der Waals surface area (Å²) in [7, 11) is 1.75. The van der Waals surface area contributed by atoms with Crippen molar-refractivity contribution in [3.63, 3.8) is 0 Å². The number of carbonyl (C=O) groups is 3. The second-order valence-electron chi connectivity index (χ2n) is 6.29. The molecule has 0 spiro atoms. The molecule has 7 nitrogen and oxygen atoms in total. The van der Waals surface area contributed by atoms with E-state index in [1.807, 2.05) is 12.1 Å². The van der Waals surface area contributed by atoms with Gasteiger partial charge in [-0.3, -0.25) is 4.79 Å². The summed E-state index contributed by atoms with van der Waals surface area (Å²) >= 11 is 0. The first-order valence-electron chi connectivity index (χ1n) is 7.54. The number of anilines is 1. The largest absolute Gasteiger partial charge is 0.419 e. The van der Waals surface area contributed by atoms with Gasteiger partial charge in [-0.2, -0.15) is 0 Å². The second kappa shape index (κ2) is 5.67. The molecule has 0 unspecified atom stereocenters. The fourth-order valence-corrected chi connectivity index (χ4v) is 2.61. The van der Waals surface area contributed by atoms with Gasteiger partial charge in [0.15, 0.2) is 5.57 Å². The molecule has 1 saturated heterocycles. The fourth-order valence-electron chi connectivity index (χ4n) is 2.61. The molecule has 1 N–H and O–H groups in total. The number of cyclic esters (lactones) is 2. The Balaban J connectivity index is 1.78. The molecule has 0 radical (unpaired) electrons. The van der Waals surface area contributed by atoms with Crippen LogP contribution in [-0.4, -0.2) is 35.6 Å². The molecule has 0 bridgehead atoms. The van der Waals surface area contributed by atoms with Gasteiger partial charge in [0.25, 0.3) is 5.79 Å². The lowest BCUT2D eigenvalue weighted by atomic mass is 9.99. The number of carbonyl (C=O) groups excluding carboxylic acids is 3. The number of hydrogen-bond donors (Lipinski definition) is 1. The minimum absolute atomic E-state index is 0.0839. The van der Waals surface area contributed by atoms with Crippen molar-refractivity contribution in [1.82, 2.24) is 4.90 Å². The Bertz CT molecular complexity index is 744. The number of nitrogens with one attached hydrogen (secondary N) is 1. The number of amides is 1. The van der Waals surface area contributed by atoms with Crippen LogP contribution in [0.5, 0.6) is 0 Å². The van der Waals surface area contributed by atoms with Crippen LogP contribution >= 0.6 is 0 Å². The Morgan fingerprint density at radius 2 is 1.79 bits per heavy atom. The van der Waals surface area contributed by atoms with Crippen LogP contribution in [0.15, 0.2) is 30.0 Å². The average molecular weight is 330 g/mol. The van der Waals surface area contributed by atoms with Gasteiger partial charge >= 0.3 is 11.9 Å². The molecule has 24 heavy (non-hydrogen) atoms. The van der Waals surface area contributed by atoms with Crippen LogP contribution in [-0.2, 0) is 36.8 Å². The number of likely N-dealkylation sites (N-methyl/N-ethyl adjacent to an activating group) is 1. The van der Waals surface area contributed by atoms with Crippen molar-refractivity contribution in [1.29, 1.82) is 0 Å². The van der Waals surface area contributed by atoms with Crippen molar-refractivity contribution in [3.05, 3.63) is 41.1 Å². The fraction of sp³-hybridized carbons (Fsp3) is 0.353. The normalized spacial score (nSPS) is 19.4. The molecule has 1 aromatic carbocycles. The molecule has 1 amide bonds. The molecule has 126 valence electrons. The third-order valence-corrected chi connectivity index (χ3v) is 3.88. The van der Waals surface area contributed by atoms with E-state index in [1.54, 1.807) is 18.0 Å². The first-order valence-corrected chi connectivity index (χ1v) is 7.54. The van der Waals surface area contributed by atoms with E-state index in [-0.39, 0.29) is 11.5 Å². The Labute approximate surface area is 139 Å². The number of esters is 2. The lowest BCUT2D eigenvalue weighted by Crippen LogP contribution is -2.42. The highest BCUT2D eigenvalue weighted by Gasteiger charge is 2.38. The van der Waals surface area contributed by atoms with E-state index in [0.29, 0.717) is 18.7 Å². The predicted octanol–water partition coefficient (Wildman–Crippen LogP) is 1.33. The minimum Gasteiger partial charge on any atom is -0.419 e. The van der Waals surface area contributed by atoms with Crippen LogP contribution in [0.2, 0.25) is 0 Å². The highest BCUT2D eigenvalue weighted by Crippen LogP contribution is 2.25. The SMILES string of the molecule is CN1Cc2cc(NC=C3C(=O)OC(C)(C)OC3=O)ccc2CC1=O. The van der Waals surface area contributed by atoms with Gasteiger partial charge in [0.2, 0.25) is 5.91 Å². The molecular weight excluding hydrogens is 312 g/mol. The molecule has 0 atom stereocenters. The summed E-state index contributed by atoms with van der Waals surface area (Å²) < 4.78 is 10.1. The van der Waals surface area contributed by atoms with Crippen LogP contribution in [0.4, 0.5) is 5.69 Å². The van der Waals surface area contributed by atoms with E-state index in [1.165, 1.54) is 20.0 Å². The van der Waals surface area contributed by atoms with Gasteiger partial charge in [0, 0.05) is 39.3 Å². The van der Waals surface area contributed by atoms with E-state index in [2.05, 4.69) is 5.32 Å². The molecule has 7 heteroatoms. The number of benzene rings is 1. The third-order valence-electron chi connectivity index (χ3n) is 3.88. The molecular formula is C17H18N2O5. The van der Waals surface area contributed by atoms with Crippen molar-refractivity contribution in [2.45, 2.75) is 32.6 Å². The van der Waals surface area contributed by atoms with Crippen molar-refractivity contribution in [2.24, 2.45) is 0 Å². The van der Waals surface area contributed by atoms with Crippen LogP contribution < -0.4 is 5.32 Å². The number of nitrogens with zero attached hydrogens (tertiary/aromatic N) is 1. The van der Waals surface area contributed by atoms with Crippen LogP contribution in [0, 0.1) is 0 Å². The Morgan fingerprint density at radius 1 is 1.12 bits per heavy atom. The zero-order valence-electron chi connectivity index (χ0n) is 13.7. The first-order chi connectivity index (χ1) is 11.2. The summed E-state index contributed by atoms with van der Waals surface area (Å²) in [6.45, 7) is 3.51. The first kappa shape index (κ1) is 16.0. The second-order valence-corrected chi connectivity index (χ2v) is 6.29. The van der Waals surface area contributed by atoms with Crippen molar-refractivity contribution < 1.29 is 23.9 Å². The summed E-state index contributed by atoms with van der Waals surface area (Å²) in [6.07, 6.45) is 1.65. The van der Waals surface area contributed by atoms with Crippen molar-refractivity contribution in [3.8, 4) is 0 Å². The summed E-state index contributed by atoms with van der Waals surface area (Å²) in [5, 5.41) is 2.91. The average Bonchev–Trinajstić information content (AvgIpc) is 2.46. The van der Waals surface area contributed by atoms with E-state index < -0.39 is 17.7 Å². The smallest absolute Gasteiger partial charge is 0.350 e. The molecule has 0 aromatic heterocycles. The van der Waals surface area contributed by atoms with Gasteiger partial charge in [-0.25, -0.2) is 9.59 Å². The van der Waals surface area contributed by atoms with Crippen LogP contribution in [0.25, 0.3) is 0 Å². The van der Waals surface area contributed by atoms with Gasteiger partial charge in [-0.05, 0) is 23.3 Å². The van der Waals surface area contributed by atoms with Gasteiger partial charge in [0.1, 0.15) is 0 Å². The number of ether oxygens (including phenoxy) is 2. The summed E-state index contributed by atoms with van der Waals surface area (Å²) in [6, 6.07) is 5.54. The van der Waals surface area contributed by atoms with Crippen molar-refractivity contribution in [2.75, 3.05) is 12.4 Å². The van der Waals surface area contributed by atoms with Gasteiger partial charge in [-0.1, -0.05) is 6.07 Å². The molecule has 0 saturated carbocycles. The molecule has 1 aromatic rings. The highest BCUT2D eigenvalue weighted by atomic mass is 16.7. The topological polar surface area (TPSA) is 84.9 Å². The van der Waals surface area contributed by atoms with Gasteiger partial charge < -0.3 is 19.7 Å². The molecule has 2 aliphatic rings. The number of hydrogen-bond acceptors (Lipinski definition) is 6. The van der Waals surface area contributed by atoms with E-state index in [9.17, 15) is 14.4 Å². The molecule has 3 rings (SSSR count). The molecule has 2 aliphatic heterocycles. The zero-order valence-corrected chi connectivity index (χ0v) is 13.7. The quantitative estimate of drug-likeness (QED) is 0.500. The number of fused-ring (bicyclic) bond motifs is 1. The number of rotatable bonds is 2. The summed E-state index contributed by atoms with van der Waals surface area (Å²) in [5.74, 6) is -2.63. The molecule has 0 aliphatic carbocycles. The zero-order chi connectivity index (χ0) is 17.5. The maximum absolute atomic E-state index is 11.9. The van der Waals surface area contributed by atoms with E-state index in [4.69, 9.17) is 9.47 Å². The van der Waals surface area contributed by atoms with Crippen molar-refractivity contribution >= 4 is 23.5 Å². The Hall–Kier alpha value is -2.83. The monoisotopic (exact) mass is 330 g/mol. The van der Waals surface area contributed by atoms with Gasteiger partial charge in [0.05, 0.1) is 6.42 Å². The Morgan fingerprint density at radius 3 is 2.46 bits per heavy atom. The van der Waals surface area contributed by atoms with Crippen LogP contribution in [0.1, 0.15) is 25.0 Å².